The average molecular weight is 233 g/mol. The van der Waals surface area contributed by atoms with Crippen LogP contribution in [-0.4, -0.2) is 20.9 Å². The maximum atomic E-state index is 10.3. The van der Waals surface area contributed by atoms with Crippen molar-refractivity contribution in [3.63, 3.8) is 0 Å². The molecule has 12 heavy (non-hydrogen) atoms. The number of halogens is 1. The second kappa shape index (κ2) is 3.71. The SMILES string of the molecule is CCc1nn(CC(=O)O)cc1Br. The summed E-state index contributed by atoms with van der Waals surface area (Å²) in [6.07, 6.45) is 2.47. The molecule has 1 aromatic heterocycles. The highest BCUT2D eigenvalue weighted by Gasteiger charge is 2.05. The first-order valence-electron chi connectivity index (χ1n) is 3.57. The van der Waals surface area contributed by atoms with Gasteiger partial charge in [0.2, 0.25) is 0 Å². The minimum Gasteiger partial charge on any atom is -0.480 e. The standard InChI is InChI=1S/C7H9BrN2O2/c1-2-6-5(8)3-10(9-6)4-7(11)12/h3H,2,4H2,1H3,(H,11,12). The highest BCUT2D eigenvalue weighted by molar-refractivity contribution is 9.10. The van der Waals surface area contributed by atoms with E-state index in [4.69, 9.17) is 5.11 Å². The van der Waals surface area contributed by atoms with Crippen LogP contribution in [0.15, 0.2) is 10.7 Å². The lowest BCUT2D eigenvalue weighted by molar-refractivity contribution is -0.137. The predicted octanol–water partition coefficient (Wildman–Crippen LogP) is 1.29. The summed E-state index contributed by atoms with van der Waals surface area (Å²) < 4.78 is 2.27. The smallest absolute Gasteiger partial charge is 0.325 e. The number of carboxylic acids is 1. The van der Waals surface area contributed by atoms with Gasteiger partial charge in [0.05, 0.1) is 10.2 Å². The van der Waals surface area contributed by atoms with Crippen molar-refractivity contribution < 1.29 is 9.90 Å². The zero-order chi connectivity index (χ0) is 9.14. The van der Waals surface area contributed by atoms with Gasteiger partial charge in [-0.25, -0.2) is 0 Å². The number of carbonyl (C=O) groups is 1. The largest absolute Gasteiger partial charge is 0.480 e. The minimum atomic E-state index is -0.882. The molecule has 0 spiro atoms. The predicted molar refractivity (Wildman–Crippen MR) is 46.9 cm³/mol. The van der Waals surface area contributed by atoms with Crippen LogP contribution in [0.5, 0.6) is 0 Å². The Kier molecular flexibility index (Phi) is 2.86. The van der Waals surface area contributed by atoms with E-state index in [9.17, 15) is 4.79 Å². The van der Waals surface area contributed by atoms with Crippen LogP contribution < -0.4 is 0 Å². The van der Waals surface area contributed by atoms with Gasteiger partial charge in [-0.05, 0) is 22.4 Å². The summed E-state index contributed by atoms with van der Waals surface area (Å²) in [5, 5.41) is 12.5. The fourth-order valence-corrected chi connectivity index (χ4v) is 1.49. The number of rotatable bonds is 3. The summed E-state index contributed by atoms with van der Waals surface area (Å²) in [6, 6.07) is 0. The molecule has 0 aliphatic heterocycles. The molecular formula is C7H9BrN2O2. The molecule has 0 aliphatic rings. The summed E-state index contributed by atoms with van der Waals surface area (Å²) in [4.78, 5) is 10.3. The molecule has 0 saturated carbocycles. The quantitative estimate of drug-likeness (QED) is 0.855. The van der Waals surface area contributed by atoms with Gasteiger partial charge in [0.25, 0.3) is 0 Å². The Morgan fingerprint density at radius 3 is 2.92 bits per heavy atom. The Bertz CT molecular complexity index is 296. The summed E-state index contributed by atoms with van der Waals surface area (Å²) >= 11 is 3.29. The number of nitrogens with zero attached hydrogens (tertiary/aromatic N) is 2. The van der Waals surface area contributed by atoms with E-state index in [1.165, 1.54) is 4.68 Å². The van der Waals surface area contributed by atoms with Crippen molar-refractivity contribution in [3.8, 4) is 0 Å². The topological polar surface area (TPSA) is 55.1 Å². The molecule has 5 heteroatoms. The van der Waals surface area contributed by atoms with Crippen LogP contribution in [0.3, 0.4) is 0 Å². The summed E-state index contributed by atoms with van der Waals surface area (Å²) in [6.45, 7) is 1.89. The van der Waals surface area contributed by atoms with Crippen molar-refractivity contribution in [2.24, 2.45) is 0 Å². The van der Waals surface area contributed by atoms with Crippen molar-refractivity contribution in [2.45, 2.75) is 19.9 Å². The Morgan fingerprint density at radius 2 is 2.50 bits per heavy atom. The lowest BCUT2D eigenvalue weighted by atomic mass is 10.3. The first-order chi connectivity index (χ1) is 5.63. The molecule has 0 aromatic carbocycles. The normalized spacial score (nSPS) is 10.2. The first kappa shape index (κ1) is 9.25. The van der Waals surface area contributed by atoms with Gasteiger partial charge < -0.3 is 5.11 Å². The number of hydrogen-bond donors (Lipinski definition) is 1. The summed E-state index contributed by atoms with van der Waals surface area (Å²) in [5.41, 5.74) is 0.885. The molecule has 0 saturated heterocycles. The third-order valence-electron chi connectivity index (χ3n) is 1.42. The molecule has 1 aromatic rings. The molecule has 1 N–H and O–H groups in total. The van der Waals surface area contributed by atoms with Crippen LogP contribution in [-0.2, 0) is 17.8 Å². The van der Waals surface area contributed by atoms with Gasteiger partial charge >= 0.3 is 5.97 Å². The van der Waals surface area contributed by atoms with Gasteiger partial charge in [0.15, 0.2) is 0 Å². The second-order valence-corrected chi connectivity index (χ2v) is 3.22. The maximum Gasteiger partial charge on any atom is 0.325 e. The molecule has 0 aliphatic carbocycles. The van der Waals surface area contributed by atoms with E-state index in [2.05, 4.69) is 21.0 Å². The van der Waals surface area contributed by atoms with Gasteiger partial charge in [0, 0.05) is 6.20 Å². The molecule has 0 fully saturated rings. The summed E-state index contributed by atoms with van der Waals surface area (Å²) in [7, 11) is 0. The van der Waals surface area contributed by atoms with Gasteiger partial charge in [-0.15, -0.1) is 0 Å². The number of aromatic nitrogens is 2. The van der Waals surface area contributed by atoms with Crippen LogP contribution in [0, 0.1) is 0 Å². The first-order valence-corrected chi connectivity index (χ1v) is 4.36. The molecule has 0 radical (unpaired) electrons. The van der Waals surface area contributed by atoms with Crippen LogP contribution in [0.1, 0.15) is 12.6 Å². The van der Waals surface area contributed by atoms with E-state index < -0.39 is 5.97 Å². The Labute approximate surface area is 78.3 Å². The monoisotopic (exact) mass is 232 g/mol. The van der Waals surface area contributed by atoms with Crippen molar-refractivity contribution in [2.75, 3.05) is 0 Å². The average Bonchev–Trinajstić information content (AvgIpc) is 2.29. The van der Waals surface area contributed by atoms with E-state index in [0.29, 0.717) is 0 Å². The van der Waals surface area contributed by atoms with E-state index in [1.54, 1.807) is 6.20 Å². The van der Waals surface area contributed by atoms with Gasteiger partial charge in [-0.1, -0.05) is 6.92 Å². The lowest BCUT2D eigenvalue weighted by Crippen LogP contribution is -2.09. The van der Waals surface area contributed by atoms with Crippen molar-refractivity contribution in [1.82, 2.24) is 9.78 Å². The van der Waals surface area contributed by atoms with Crippen molar-refractivity contribution in [3.05, 3.63) is 16.4 Å². The van der Waals surface area contributed by atoms with Crippen LogP contribution in [0.25, 0.3) is 0 Å². The summed E-state index contributed by atoms with van der Waals surface area (Å²) in [5.74, 6) is -0.882. The van der Waals surface area contributed by atoms with Crippen molar-refractivity contribution >= 4 is 21.9 Å². The van der Waals surface area contributed by atoms with E-state index >= 15 is 0 Å². The third kappa shape index (κ3) is 2.07. The molecule has 1 heterocycles. The van der Waals surface area contributed by atoms with E-state index in [1.807, 2.05) is 6.92 Å². The van der Waals surface area contributed by atoms with Gasteiger partial charge in [0.1, 0.15) is 6.54 Å². The molecule has 0 amide bonds. The van der Waals surface area contributed by atoms with Crippen LogP contribution >= 0.6 is 15.9 Å². The maximum absolute atomic E-state index is 10.3. The second-order valence-electron chi connectivity index (χ2n) is 2.37. The Morgan fingerprint density at radius 1 is 1.83 bits per heavy atom. The zero-order valence-electron chi connectivity index (χ0n) is 6.62. The number of aliphatic carboxylic acids is 1. The van der Waals surface area contributed by atoms with Crippen LogP contribution in [0.4, 0.5) is 0 Å². The fraction of sp³-hybridized carbons (Fsp3) is 0.429. The van der Waals surface area contributed by atoms with Gasteiger partial charge in [-0.3, -0.25) is 9.48 Å². The van der Waals surface area contributed by atoms with Gasteiger partial charge in [-0.2, -0.15) is 5.10 Å². The van der Waals surface area contributed by atoms with Crippen LogP contribution in [0.2, 0.25) is 0 Å². The Hall–Kier alpha value is -0.840. The molecule has 4 nitrogen and oxygen atoms in total. The van der Waals surface area contributed by atoms with E-state index in [0.717, 1.165) is 16.6 Å². The number of aryl methyl sites for hydroxylation is 1. The minimum absolute atomic E-state index is 0.0847. The number of carboxylic acid groups (broad SMARTS) is 1. The highest BCUT2D eigenvalue weighted by atomic mass is 79.9. The number of hydrogen-bond acceptors (Lipinski definition) is 2. The lowest BCUT2D eigenvalue weighted by Gasteiger charge is -1.93. The zero-order valence-corrected chi connectivity index (χ0v) is 8.21. The molecule has 66 valence electrons. The highest BCUT2D eigenvalue weighted by Crippen LogP contribution is 2.14. The molecule has 0 bridgehead atoms. The Balaban J connectivity index is 2.82. The molecule has 1 rings (SSSR count). The van der Waals surface area contributed by atoms with E-state index in [-0.39, 0.29) is 6.54 Å². The third-order valence-corrected chi connectivity index (χ3v) is 2.08. The fourth-order valence-electron chi connectivity index (χ4n) is 0.896. The van der Waals surface area contributed by atoms with Crippen molar-refractivity contribution in [1.29, 1.82) is 0 Å². The molecule has 0 atom stereocenters. The molecule has 0 unspecified atom stereocenters. The molecular weight excluding hydrogens is 224 g/mol.